The molecule has 1 fully saturated rings. The second kappa shape index (κ2) is 7.79. The highest BCUT2D eigenvalue weighted by Crippen LogP contribution is 2.37. The molecule has 1 saturated heterocycles. The Labute approximate surface area is 183 Å². The smallest absolute Gasteiger partial charge is 0.261 e. The van der Waals surface area contributed by atoms with Crippen molar-refractivity contribution in [1.82, 2.24) is 19.8 Å². The first kappa shape index (κ1) is 19.7. The molecule has 4 aromatic rings. The second-order valence-corrected chi connectivity index (χ2v) is 8.56. The van der Waals surface area contributed by atoms with Gasteiger partial charge in [0.2, 0.25) is 0 Å². The van der Waals surface area contributed by atoms with Gasteiger partial charge in [-0.05, 0) is 12.1 Å². The quantitative estimate of drug-likeness (QED) is 0.536. The summed E-state index contributed by atoms with van der Waals surface area (Å²) < 4.78 is 8.05. The van der Waals surface area contributed by atoms with E-state index in [2.05, 4.69) is 10.3 Å². The molecule has 3 aromatic heterocycles. The first-order valence-electron chi connectivity index (χ1n) is 10.1. The Morgan fingerprint density at radius 1 is 1.19 bits per heavy atom. The number of nitrogens with one attached hydrogen (secondary N) is 1. The average molecular weight is 435 g/mol. The molecule has 1 aromatic carbocycles. The molecule has 2 amide bonds. The van der Waals surface area contributed by atoms with Crippen LogP contribution >= 0.6 is 11.3 Å². The van der Waals surface area contributed by atoms with Crippen LogP contribution < -0.4 is 5.32 Å². The molecule has 1 unspecified atom stereocenters. The molecule has 0 aliphatic carbocycles. The monoisotopic (exact) mass is 434 g/mol. The van der Waals surface area contributed by atoms with E-state index >= 15 is 0 Å². The van der Waals surface area contributed by atoms with E-state index in [1.807, 2.05) is 59.1 Å². The van der Waals surface area contributed by atoms with Gasteiger partial charge in [0.1, 0.15) is 15.8 Å². The van der Waals surface area contributed by atoms with Gasteiger partial charge < -0.3 is 19.5 Å². The highest BCUT2D eigenvalue weighted by Gasteiger charge is 2.32. The maximum Gasteiger partial charge on any atom is 0.261 e. The summed E-state index contributed by atoms with van der Waals surface area (Å²) in [5.74, 6) is -0.191. The number of benzene rings is 1. The normalized spacial score (nSPS) is 16.7. The predicted octanol–water partition coefficient (Wildman–Crippen LogP) is 3.36. The lowest BCUT2D eigenvalue weighted by atomic mass is 10.0. The van der Waals surface area contributed by atoms with Gasteiger partial charge in [-0.25, -0.2) is 4.98 Å². The molecule has 5 rings (SSSR count). The molecular formula is C23H22N4O3S. The Morgan fingerprint density at radius 2 is 2.00 bits per heavy atom. The molecule has 0 radical (unpaired) electrons. The molecule has 4 heterocycles. The van der Waals surface area contributed by atoms with Gasteiger partial charge in [0.25, 0.3) is 11.8 Å². The minimum absolute atomic E-state index is 0.0238. The summed E-state index contributed by atoms with van der Waals surface area (Å²) in [5, 5.41) is 4.55. The lowest BCUT2D eigenvalue weighted by molar-refractivity contribution is -0.0221. The number of nitrogens with zero attached hydrogens (tertiary/aromatic N) is 3. The Morgan fingerprint density at radius 3 is 2.84 bits per heavy atom. The van der Waals surface area contributed by atoms with Gasteiger partial charge >= 0.3 is 0 Å². The number of hydrogen-bond acceptors (Lipinski definition) is 5. The number of hydrogen-bond donors (Lipinski definition) is 1. The van der Waals surface area contributed by atoms with Gasteiger partial charge in [0, 0.05) is 54.9 Å². The Hall–Kier alpha value is -3.23. The zero-order valence-electron chi connectivity index (χ0n) is 17.3. The van der Waals surface area contributed by atoms with Gasteiger partial charge in [-0.15, -0.1) is 11.3 Å². The van der Waals surface area contributed by atoms with Crippen LogP contribution in [0.4, 0.5) is 0 Å². The van der Waals surface area contributed by atoms with E-state index in [-0.39, 0.29) is 11.8 Å². The molecule has 0 spiro atoms. The van der Waals surface area contributed by atoms with E-state index in [0.29, 0.717) is 30.1 Å². The topological polar surface area (TPSA) is 76.5 Å². The summed E-state index contributed by atoms with van der Waals surface area (Å²) >= 11 is 1.35. The average Bonchev–Trinajstić information content (AvgIpc) is 3.36. The van der Waals surface area contributed by atoms with Crippen LogP contribution in [0.25, 0.3) is 21.1 Å². The molecule has 1 N–H and O–H groups in total. The van der Waals surface area contributed by atoms with Crippen molar-refractivity contribution in [3.05, 3.63) is 64.8 Å². The third-order valence-corrected chi connectivity index (χ3v) is 6.87. The fourth-order valence-corrected chi connectivity index (χ4v) is 5.38. The Bertz CT molecular complexity index is 1310. The van der Waals surface area contributed by atoms with Crippen LogP contribution in [0.15, 0.2) is 48.8 Å². The number of rotatable bonds is 3. The van der Waals surface area contributed by atoms with Gasteiger partial charge in [-0.1, -0.05) is 24.3 Å². The summed E-state index contributed by atoms with van der Waals surface area (Å²) in [6.07, 6.45) is 3.21. The second-order valence-electron chi connectivity index (χ2n) is 7.56. The highest BCUT2D eigenvalue weighted by molar-refractivity contribution is 7.20. The number of carbonyl (C=O) groups excluding carboxylic acids is 2. The maximum atomic E-state index is 13.4. The van der Waals surface area contributed by atoms with Crippen LogP contribution in [0.1, 0.15) is 31.7 Å². The number of ether oxygens (including phenoxy) is 1. The molecule has 1 aliphatic rings. The summed E-state index contributed by atoms with van der Waals surface area (Å²) in [7, 11) is 3.56. The lowest BCUT2D eigenvalue weighted by Gasteiger charge is -2.33. The van der Waals surface area contributed by atoms with Gasteiger partial charge in [0.05, 0.1) is 18.7 Å². The van der Waals surface area contributed by atoms with Crippen molar-refractivity contribution < 1.29 is 14.3 Å². The summed E-state index contributed by atoms with van der Waals surface area (Å²) in [6, 6.07) is 11.7. The third-order valence-electron chi connectivity index (χ3n) is 5.74. The fourth-order valence-electron chi connectivity index (χ4n) is 4.24. The third kappa shape index (κ3) is 3.28. The molecule has 0 bridgehead atoms. The Balaban J connectivity index is 1.51. The zero-order chi connectivity index (χ0) is 21.5. The van der Waals surface area contributed by atoms with Crippen LogP contribution in [-0.2, 0) is 11.8 Å². The number of para-hydroxylation sites is 1. The van der Waals surface area contributed by atoms with Crippen LogP contribution in [0.2, 0.25) is 0 Å². The number of amides is 2. The molecule has 1 atom stereocenters. The van der Waals surface area contributed by atoms with E-state index in [0.717, 1.165) is 26.7 Å². The van der Waals surface area contributed by atoms with Gasteiger partial charge in [-0.3, -0.25) is 9.59 Å². The van der Waals surface area contributed by atoms with E-state index in [9.17, 15) is 9.59 Å². The molecule has 7 nitrogen and oxygen atoms in total. The van der Waals surface area contributed by atoms with E-state index < -0.39 is 6.10 Å². The number of aromatic nitrogens is 2. The highest BCUT2D eigenvalue weighted by atomic mass is 32.1. The fraction of sp³-hybridized carbons (Fsp3) is 0.261. The van der Waals surface area contributed by atoms with Gasteiger partial charge in [-0.2, -0.15) is 0 Å². The first-order chi connectivity index (χ1) is 15.1. The van der Waals surface area contributed by atoms with Crippen molar-refractivity contribution in [3.8, 4) is 0 Å². The number of pyridine rings is 1. The molecule has 158 valence electrons. The van der Waals surface area contributed by atoms with E-state index in [1.54, 1.807) is 13.2 Å². The number of aryl methyl sites for hydroxylation is 1. The van der Waals surface area contributed by atoms with E-state index in [1.165, 1.54) is 11.3 Å². The molecule has 8 heteroatoms. The van der Waals surface area contributed by atoms with E-state index in [4.69, 9.17) is 4.74 Å². The number of carbonyl (C=O) groups is 2. The standard InChI is InChI=1S/C23H22N4O3S/c1-24-21(28)20-19(15-7-5-9-25-22(15)31-20)18-13-27(10-11-30-18)23(29)16-12-26(2)17-8-4-3-6-14(16)17/h3-9,12,18H,10-11,13H2,1-2H3,(H,24,28). The van der Waals surface area contributed by atoms with Gasteiger partial charge in [0.15, 0.2) is 0 Å². The molecule has 31 heavy (non-hydrogen) atoms. The van der Waals surface area contributed by atoms with Crippen LogP contribution in [0.3, 0.4) is 0 Å². The summed E-state index contributed by atoms with van der Waals surface area (Å²) in [4.78, 5) is 33.6. The molecular weight excluding hydrogens is 412 g/mol. The number of thiophene rings is 1. The Kier molecular flexibility index (Phi) is 4.95. The maximum absolute atomic E-state index is 13.4. The summed E-state index contributed by atoms with van der Waals surface area (Å²) in [5.41, 5.74) is 2.51. The van der Waals surface area contributed by atoms with Crippen molar-refractivity contribution >= 4 is 44.3 Å². The van der Waals surface area contributed by atoms with Crippen LogP contribution in [-0.4, -0.2) is 53.0 Å². The zero-order valence-corrected chi connectivity index (χ0v) is 18.1. The van der Waals surface area contributed by atoms with Crippen LogP contribution in [0, 0.1) is 0 Å². The largest absolute Gasteiger partial charge is 0.370 e. The van der Waals surface area contributed by atoms with Crippen molar-refractivity contribution in [3.63, 3.8) is 0 Å². The number of morpholine rings is 1. The number of fused-ring (bicyclic) bond motifs is 2. The minimum atomic E-state index is -0.391. The van der Waals surface area contributed by atoms with Crippen molar-refractivity contribution in [2.75, 3.05) is 26.7 Å². The van der Waals surface area contributed by atoms with Crippen LogP contribution in [0.5, 0.6) is 0 Å². The first-order valence-corrected chi connectivity index (χ1v) is 10.9. The lowest BCUT2D eigenvalue weighted by Crippen LogP contribution is -2.42. The molecule has 0 saturated carbocycles. The van der Waals surface area contributed by atoms with Crippen molar-refractivity contribution in [1.29, 1.82) is 0 Å². The SMILES string of the molecule is CNC(=O)c1sc2ncccc2c1C1CN(C(=O)c2cn(C)c3ccccc23)CCO1. The van der Waals surface area contributed by atoms with Crippen molar-refractivity contribution in [2.24, 2.45) is 7.05 Å². The minimum Gasteiger partial charge on any atom is -0.370 e. The van der Waals surface area contributed by atoms with Crippen molar-refractivity contribution in [2.45, 2.75) is 6.10 Å². The summed E-state index contributed by atoms with van der Waals surface area (Å²) in [6.45, 7) is 1.30. The molecule has 1 aliphatic heterocycles. The predicted molar refractivity (Wildman–Crippen MR) is 121 cm³/mol.